The fourth-order valence-electron chi connectivity index (χ4n) is 3.92. The van der Waals surface area contributed by atoms with Crippen LogP contribution in [0.4, 0.5) is 0 Å². The lowest BCUT2D eigenvalue weighted by Gasteiger charge is -2.20. The van der Waals surface area contributed by atoms with Gasteiger partial charge in [0.1, 0.15) is 6.04 Å². The van der Waals surface area contributed by atoms with Crippen molar-refractivity contribution in [2.75, 3.05) is 0 Å². The summed E-state index contributed by atoms with van der Waals surface area (Å²) in [5.74, 6) is -0.345. The van der Waals surface area contributed by atoms with Crippen LogP contribution in [0.3, 0.4) is 0 Å². The number of fused-ring (bicyclic) bond motifs is 1. The van der Waals surface area contributed by atoms with Crippen molar-refractivity contribution in [2.24, 2.45) is 10.7 Å². The standard InChI is InChI=1S/C24H22N2O/c25-24(27)23(21-16-15-17-9-7-8-14-20(17)21)26-22(18-10-3-1-4-11-18)19-12-5-2-6-13-19/h1-14,21,23H,15-16H2,(H2,25,27). The molecular formula is C24H22N2O. The second-order valence-electron chi connectivity index (χ2n) is 6.90. The van der Waals surface area contributed by atoms with Gasteiger partial charge in [-0.1, -0.05) is 84.9 Å². The summed E-state index contributed by atoms with van der Waals surface area (Å²) in [4.78, 5) is 17.3. The SMILES string of the molecule is NC(=O)C(N=C(c1ccccc1)c1ccccc1)C1CCc2ccccc21. The summed E-state index contributed by atoms with van der Waals surface area (Å²) in [6.45, 7) is 0. The van der Waals surface area contributed by atoms with E-state index in [9.17, 15) is 4.79 Å². The van der Waals surface area contributed by atoms with Crippen LogP contribution in [0.25, 0.3) is 0 Å². The Morgan fingerprint density at radius 1 is 0.852 bits per heavy atom. The molecule has 1 aliphatic carbocycles. The Labute approximate surface area is 159 Å². The van der Waals surface area contributed by atoms with E-state index in [1.807, 2.05) is 72.8 Å². The summed E-state index contributed by atoms with van der Waals surface area (Å²) in [7, 11) is 0. The molecule has 0 heterocycles. The Bertz CT molecular complexity index is 922. The van der Waals surface area contributed by atoms with Gasteiger partial charge in [0.15, 0.2) is 0 Å². The minimum Gasteiger partial charge on any atom is -0.368 e. The largest absolute Gasteiger partial charge is 0.368 e. The smallest absolute Gasteiger partial charge is 0.242 e. The molecular weight excluding hydrogens is 332 g/mol. The molecule has 0 saturated heterocycles. The first kappa shape index (κ1) is 17.2. The molecule has 0 aromatic heterocycles. The highest BCUT2D eigenvalue weighted by Gasteiger charge is 2.33. The average Bonchev–Trinajstić information content (AvgIpc) is 3.14. The molecule has 2 unspecified atom stereocenters. The van der Waals surface area contributed by atoms with E-state index in [-0.39, 0.29) is 11.8 Å². The molecule has 0 radical (unpaired) electrons. The van der Waals surface area contributed by atoms with Crippen molar-refractivity contribution in [1.29, 1.82) is 0 Å². The maximum Gasteiger partial charge on any atom is 0.242 e. The molecule has 3 heteroatoms. The van der Waals surface area contributed by atoms with Crippen molar-refractivity contribution in [1.82, 2.24) is 0 Å². The fraction of sp³-hybridized carbons (Fsp3) is 0.167. The third kappa shape index (κ3) is 3.54. The first-order valence-electron chi connectivity index (χ1n) is 9.30. The molecule has 0 spiro atoms. The van der Waals surface area contributed by atoms with Gasteiger partial charge in [0.05, 0.1) is 5.71 Å². The molecule has 0 fully saturated rings. The van der Waals surface area contributed by atoms with Crippen LogP contribution in [0.1, 0.15) is 34.6 Å². The maximum atomic E-state index is 12.4. The summed E-state index contributed by atoms with van der Waals surface area (Å²) >= 11 is 0. The van der Waals surface area contributed by atoms with E-state index in [0.29, 0.717) is 0 Å². The Balaban J connectivity index is 1.81. The molecule has 0 bridgehead atoms. The van der Waals surface area contributed by atoms with E-state index in [1.54, 1.807) is 0 Å². The van der Waals surface area contributed by atoms with Crippen LogP contribution < -0.4 is 5.73 Å². The number of carbonyl (C=O) groups excluding carboxylic acids is 1. The van der Waals surface area contributed by atoms with E-state index >= 15 is 0 Å². The minimum absolute atomic E-state index is 0.0288. The lowest BCUT2D eigenvalue weighted by molar-refractivity contribution is -0.119. The molecule has 1 aliphatic rings. The van der Waals surface area contributed by atoms with Crippen LogP contribution in [-0.4, -0.2) is 17.7 Å². The van der Waals surface area contributed by atoms with E-state index in [4.69, 9.17) is 10.7 Å². The van der Waals surface area contributed by atoms with Crippen molar-refractivity contribution in [3.63, 3.8) is 0 Å². The van der Waals surface area contributed by atoms with Gasteiger partial charge in [-0.15, -0.1) is 0 Å². The number of nitrogens with zero attached hydrogens (tertiary/aromatic N) is 1. The van der Waals surface area contributed by atoms with Crippen LogP contribution in [0.2, 0.25) is 0 Å². The number of primary amides is 1. The molecule has 134 valence electrons. The molecule has 3 aromatic carbocycles. The summed E-state index contributed by atoms with van der Waals surface area (Å²) < 4.78 is 0. The number of carbonyl (C=O) groups is 1. The molecule has 0 aliphatic heterocycles. The lowest BCUT2D eigenvalue weighted by atomic mass is 9.92. The number of hydrogen-bond donors (Lipinski definition) is 1. The topological polar surface area (TPSA) is 55.5 Å². The number of benzene rings is 3. The molecule has 1 amide bonds. The van der Waals surface area contributed by atoms with Crippen molar-refractivity contribution in [3.05, 3.63) is 107 Å². The van der Waals surface area contributed by atoms with Crippen LogP contribution in [0, 0.1) is 0 Å². The predicted molar refractivity (Wildman–Crippen MR) is 109 cm³/mol. The van der Waals surface area contributed by atoms with Crippen LogP contribution in [0.5, 0.6) is 0 Å². The summed E-state index contributed by atoms with van der Waals surface area (Å²) in [5, 5.41) is 0. The third-order valence-corrected chi connectivity index (χ3v) is 5.21. The zero-order valence-electron chi connectivity index (χ0n) is 15.1. The molecule has 3 nitrogen and oxygen atoms in total. The fourth-order valence-corrected chi connectivity index (χ4v) is 3.92. The highest BCUT2D eigenvalue weighted by molar-refractivity contribution is 6.13. The van der Waals surface area contributed by atoms with Crippen molar-refractivity contribution in [2.45, 2.75) is 24.8 Å². The van der Waals surface area contributed by atoms with Gasteiger partial charge in [-0.25, -0.2) is 0 Å². The first-order valence-corrected chi connectivity index (χ1v) is 9.30. The highest BCUT2D eigenvalue weighted by Crippen LogP contribution is 2.37. The summed E-state index contributed by atoms with van der Waals surface area (Å²) in [6, 6.07) is 27.7. The van der Waals surface area contributed by atoms with E-state index in [1.165, 1.54) is 11.1 Å². The van der Waals surface area contributed by atoms with E-state index < -0.39 is 6.04 Å². The van der Waals surface area contributed by atoms with Crippen molar-refractivity contribution < 1.29 is 4.79 Å². The number of hydrogen-bond acceptors (Lipinski definition) is 2. The van der Waals surface area contributed by atoms with Crippen molar-refractivity contribution in [3.8, 4) is 0 Å². The zero-order valence-corrected chi connectivity index (χ0v) is 15.1. The van der Waals surface area contributed by atoms with E-state index in [2.05, 4.69) is 12.1 Å². The Hall–Kier alpha value is -3.20. The summed E-state index contributed by atoms with van der Waals surface area (Å²) in [5.41, 5.74) is 11.1. The molecule has 2 atom stereocenters. The maximum absolute atomic E-state index is 12.4. The third-order valence-electron chi connectivity index (χ3n) is 5.21. The number of rotatable bonds is 5. The van der Waals surface area contributed by atoms with Gasteiger partial charge >= 0.3 is 0 Å². The van der Waals surface area contributed by atoms with Crippen LogP contribution >= 0.6 is 0 Å². The molecule has 3 aromatic rings. The minimum atomic E-state index is -0.580. The first-order chi connectivity index (χ1) is 13.2. The highest BCUT2D eigenvalue weighted by atomic mass is 16.1. The Kier molecular flexibility index (Phi) is 4.84. The molecule has 0 saturated carbocycles. The number of amides is 1. The van der Waals surface area contributed by atoms with Crippen LogP contribution in [0.15, 0.2) is 89.9 Å². The van der Waals surface area contributed by atoms with Crippen molar-refractivity contribution >= 4 is 11.6 Å². The Morgan fingerprint density at radius 2 is 1.41 bits per heavy atom. The number of aliphatic imine (C=N–C) groups is 1. The number of aryl methyl sites for hydroxylation is 1. The number of nitrogens with two attached hydrogens (primary N) is 1. The predicted octanol–water partition coefficient (Wildman–Crippen LogP) is 4.11. The van der Waals surface area contributed by atoms with Gasteiger partial charge < -0.3 is 5.73 Å². The van der Waals surface area contributed by atoms with Crippen LogP contribution in [-0.2, 0) is 11.2 Å². The average molecular weight is 354 g/mol. The van der Waals surface area contributed by atoms with Gasteiger partial charge in [0.25, 0.3) is 0 Å². The second kappa shape index (κ2) is 7.58. The zero-order chi connectivity index (χ0) is 18.6. The van der Waals surface area contributed by atoms with Gasteiger partial charge in [-0.3, -0.25) is 9.79 Å². The van der Waals surface area contributed by atoms with Gasteiger partial charge in [0, 0.05) is 17.0 Å². The lowest BCUT2D eigenvalue weighted by Crippen LogP contribution is -2.33. The van der Waals surface area contributed by atoms with Gasteiger partial charge in [-0.05, 0) is 24.0 Å². The molecule has 2 N–H and O–H groups in total. The van der Waals surface area contributed by atoms with Gasteiger partial charge in [-0.2, -0.15) is 0 Å². The van der Waals surface area contributed by atoms with Gasteiger partial charge in [0.2, 0.25) is 5.91 Å². The molecule has 27 heavy (non-hydrogen) atoms. The monoisotopic (exact) mass is 354 g/mol. The second-order valence-corrected chi connectivity index (χ2v) is 6.90. The summed E-state index contributed by atoms with van der Waals surface area (Å²) in [6.07, 6.45) is 1.86. The molecule has 4 rings (SSSR count). The quantitative estimate of drug-likeness (QED) is 0.689. The normalized spacial score (nSPS) is 16.4. The van der Waals surface area contributed by atoms with E-state index in [0.717, 1.165) is 29.7 Å². The Morgan fingerprint density at radius 3 is 2.00 bits per heavy atom.